The van der Waals surface area contributed by atoms with Crippen molar-refractivity contribution in [3.05, 3.63) is 34.6 Å². The van der Waals surface area contributed by atoms with Crippen LogP contribution in [0.15, 0.2) is 18.2 Å². The Balaban J connectivity index is 2.36. The first-order valence-corrected chi connectivity index (χ1v) is 6.03. The third-order valence-electron chi connectivity index (χ3n) is 2.76. The summed E-state index contributed by atoms with van der Waals surface area (Å²) in [5.41, 5.74) is 2.73. The molecule has 1 aromatic carbocycles. The van der Waals surface area contributed by atoms with Crippen LogP contribution in [0.3, 0.4) is 0 Å². The van der Waals surface area contributed by atoms with E-state index >= 15 is 0 Å². The number of hydrogen-bond acceptors (Lipinski definition) is 3. The molecule has 0 aliphatic carbocycles. The van der Waals surface area contributed by atoms with Crippen LogP contribution in [-0.4, -0.2) is 28.8 Å². The number of imidazole rings is 1. The minimum absolute atomic E-state index is 0.0446. The number of aromatic nitrogens is 2. The molecule has 0 saturated carbocycles. The fraction of sp³-hybridized carbons (Fsp3) is 0.308. The highest BCUT2D eigenvalue weighted by Crippen LogP contribution is 2.26. The monoisotopic (exact) mass is 266 g/mol. The van der Waals surface area contributed by atoms with Crippen LogP contribution in [0.2, 0.25) is 5.15 Å². The Morgan fingerprint density at radius 3 is 2.83 bits per heavy atom. The lowest BCUT2D eigenvalue weighted by Gasteiger charge is -2.05. The van der Waals surface area contributed by atoms with Crippen molar-refractivity contribution in [2.24, 2.45) is 0 Å². The Labute approximate surface area is 111 Å². The standard InChI is InChI=1S/C13H15ClN2O2/c1-8-7-9(3-4-11(8)18-2)13-15-10(5-6-17)12(14)16-13/h3-4,7,17H,5-6H2,1-2H3,(H,15,16). The van der Waals surface area contributed by atoms with Gasteiger partial charge in [0.15, 0.2) is 5.15 Å². The SMILES string of the molecule is COc1ccc(-c2nc(Cl)c(CCO)[nH]2)cc1C. The van der Waals surface area contributed by atoms with Crippen LogP contribution >= 0.6 is 11.6 Å². The predicted octanol–water partition coefficient (Wildman–Crippen LogP) is 2.58. The topological polar surface area (TPSA) is 58.1 Å². The molecular weight excluding hydrogens is 252 g/mol. The van der Waals surface area contributed by atoms with Crippen LogP contribution in [0.5, 0.6) is 5.75 Å². The normalized spacial score (nSPS) is 10.7. The average Bonchev–Trinajstić information content (AvgIpc) is 2.71. The zero-order chi connectivity index (χ0) is 13.1. The fourth-order valence-electron chi connectivity index (χ4n) is 1.83. The molecule has 0 saturated heterocycles. The molecule has 5 heteroatoms. The van der Waals surface area contributed by atoms with E-state index in [1.807, 2.05) is 25.1 Å². The minimum Gasteiger partial charge on any atom is -0.496 e. The lowest BCUT2D eigenvalue weighted by Crippen LogP contribution is -1.91. The number of nitrogens with one attached hydrogen (secondary N) is 1. The summed E-state index contributed by atoms with van der Waals surface area (Å²) in [6, 6.07) is 5.80. The summed E-state index contributed by atoms with van der Waals surface area (Å²) >= 11 is 5.99. The van der Waals surface area contributed by atoms with Crippen LogP contribution in [0.4, 0.5) is 0 Å². The van der Waals surface area contributed by atoms with Gasteiger partial charge in [-0.2, -0.15) is 0 Å². The molecule has 4 nitrogen and oxygen atoms in total. The third-order valence-corrected chi connectivity index (χ3v) is 3.07. The first-order chi connectivity index (χ1) is 8.65. The Morgan fingerprint density at radius 2 is 2.22 bits per heavy atom. The number of rotatable bonds is 4. The lowest BCUT2D eigenvalue weighted by atomic mass is 10.1. The number of ether oxygens (including phenoxy) is 1. The second kappa shape index (κ2) is 5.42. The summed E-state index contributed by atoms with van der Waals surface area (Å²) < 4.78 is 5.21. The molecule has 0 bridgehead atoms. The number of halogens is 1. The van der Waals surface area contributed by atoms with Gasteiger partial charge in [-0.25, -0.2) is 4.98 Å². The van der Waals surface area contributed by atoms with Crippen LogP contribution in [0.25, 0.3) is 11.4 Å². The van der Waals surface area contributed by atoms with Gasteiger partial charge in [-0.1, -0.05) is 11.6 Å². The Bertz CT molecular complexity index is 552. The number of aromatic amines is 1. The summed E-state index contributed by atoms with van der Waals surface area (Å²) in [4.78, 5) is 7.37. The zero-order valence-corrected chi connectivity index (χ0v) is 11.1. The molecule has 1 aromatic heterocycles. The molecule has 0 fully saturated rings. The van der Waals surface area contributed by atoms with Gasteiger partial charge in [-0.15, -0.1) is 0 Å². The van der Waals surface area contributed by atoms with E-state index in [-0.39, 0.29) is 6.61 Å². The summed E-state index contributed by atoms with van der Waals surface area (Å²) in [7, 11) is 1.64. The van der Waals surface area contributed by atoms with Gasteiger partial charge in [0.25, 0.3) is 0 Å². The van der Waals surface area contributed by atoms with Crippen molar-refractivity contribution < 1.29 is 9.84 Å². The Hall–Kier alpha value is -1.52. The highest BCUT2D eigenvalue weighted by atomic mass is 35.5. The molecule has 0 unspecified atom stereocenters. The van der Waals surface area contributed by atoms with Gasteiger partial charge in [0.2, 0.25) is 0 Å². The fourth-order valence-corrected chi connectivity index (χ4v) is 2.05. The van der Waals surface area contributed by atoms with E-state index in [0.29, 0.717) is 17.4 Å². The third kappa shape index (κ3) is 2.49. The smallest absolute Gasteiger partial charge is 0.150 e. The molecule has 2 aromatic rings. The number of hydrogen-bond donors (Lipinski definition) is 2. The number of aryl methyl sites for hydroxylation is 1. The van der Waals surface area contributed by atoms with E-state index in [4.69, 9.17) is 21.4 Å². The van der Waals surface area contributed by atoms with Gasteiger partial charge < -0.3 is 14.8 Å². The molecule has 0 atom stereocenters. The zero-order valence-electron chi connectivity index (χ0n) is 10.3. The maximum atomic E-state index is 8.91. The van der Waals surface area contributed by atoms with Gasteiger partial charge >= 0.3 is 0 Å². The minimum atomic E-state index is 0.0446. The average molecular weight is 267 g/mol. The van der Waals surface area contributed by atoms with Gasteiger partial charge in [0, 0.05) is 18.6 Å². The van der Waals surface area contributed by atoms with Crippen molar-refractivity contribution in [2.75, 3.05) is 13.7 Å². The van der Waals surface area contributed by atoms with E-state index in [1.54, 1.807) is 7.11 Å². The highest BCUT2D eigenvalue weighted by Gasteiger charge is 2.10. The second-order valence-electron chi connectivity index (χ2n) is 4.01. The van der Waals surface area contributed by atoms with Crippen molar-refractivity contribution in [1.29, 1.82) is 0 Å². The molecule has 2 N–H and O–H groups in total. The lowest BCUT2D eigenvalue weighted by molar-refractivity contribution is 0.298. The van der Waals surface area contributed by atoms with E-state index in [0.717, 1.165) is 22.6 Å². The second-order valence-corrected chi connectivity index (χ2v) is 4.37. The number of aliphatic hydroxyl groups excluding tert-OH is 1. The van der Waals surface area contributed by atoms with Crippen LogP contribution in [0.1, 0.15) is 11.3 Å². The highest BCUT2D eigenvalue weighted by molar-refractivity contribution is 6.30. The Kier molecular flexibility index (Phi) is 3.89. The van der Waals surface area contributed by atoms with Crippen molar-refractivity contribution in [3.8, 4) is 17.1 Å². The molecule has 2 rings (SSSR count). The van der Waals surface area contributed by atoms with E-state index in [1.165, 1.54) is 0 Å². The molecule has 0 aliphatic rings. The van der Waals surface area contributed by atoms with E-state index in [2.05, 4.69) is 9.97 Å². The van der Waals surface area contributed by atoms with E-state index < -0.39 is 0 Å². The first-order valence-electron chi connectivity index (χ1n) is 5.66. The molecule has 0 aliphatic heterocycles. The Morgan fingerprint density at radius 1 is 1.44 bits per heavy atom. The summed E-state index contributed by atoms with van der Waals surface area (Å²) in [5.74, 6) is 1.54. The predicted molar refractivity (Wildman–Crippen MR) is 71.1 cm³/mol. The number of benzene rings is 1. The number of H-pyrrole nitrogens is 1. The van der Waals surface area contributed by atoms with E-state index in [9.17, 15) is 0 Å². The van der Waals surface area contributed by atoms with Crippen molar-refractivity contribution in [2.45, 2.75) is 13.3 Å². The van der Waals surface area contributed by atoms with Gasteiger partial charge in [0.05, 0.1) is 12.8 Å². The summed E-state index contributed by atoms with van der Waals surface area (Å²) in [6.07, 6.45) is 0.473. The summed E-state index contributed by atoms with van der Waals surface area (Å²) in [5, 5.41) is 9.32. The maximum Gasteiger partial charge on any atom is 0.150 e. The quantitative estimate of drug-likeness (QED) is 0.894. The van der Waals surface area contributed by atoms with Gasteiger partial charge in [-0.3, -0.25) is 0 Å². The van der Waals surface area contributed by atoms with Crippen LogP contribution in [0, 0.1) is 6.92 Å². The van der Waals surface area contributed by atoms with Crippen molar-refractivity contribution in [3.63, 3.8) is 0 Å². The molecule has 0 radical (unpaired) electrons. The van der Waals surface area contributed by atoms with Gasteiger partial charge in [-0.05, 0) is 30.7 Å². The molecule has 96 valence electrons. The molecule has 0 spiro atoms. The van der Waals surface area contributed by atoms with Gasteiger partial charge in [0.1, 0.15) is 11.6 Å². The molecule has 0 amide bonds. The first kappa shape index (κ1) is 12.9. The van der Waals surface area contributed by atoms with Crippen molar-refractivity contribution in [1.82, 2.24) is 9.97 Å². The number of methoxy groups -OCH3 is 1. The molecule has 18 heavy (non-hydrogen) atoms. The number of aliphatic hydroxyl groups is 1. The van der Waals surface area contributed by atoms with Crippen molar-refractivity contribution >= 4 is 11.6 Å². The molecular formula is C13H15ClN2O2. The number of nitrogens with zero attached hydrogens (tertiary/aromatic N) is 1. The molecule has 1 heterocycles. The van der Waals surface area contributed by atoms with Crippen LogP contribution in [-0.2, 0) is 6.42 Å². The summed E-state index contributed by atoms with van der Waals surface area (Å²) in [6.45, 7) is 2.02. The largest absolute Gasteiger partial charge is 0.496 e. The maximum absolute atomic E-state index is 8.91. The van der Waals surface area contributed by atoms with Crippen LogP contribution < -0.4 is 4.74 Å².